The lowest BCUT2D eigenvalue weighted by molar-refractivity contribution is 0.327. The summed E-state index contributed by atoms with van der Waals surface area (Å²) in [7, 11) is 0. The smallest absolute Gasteiger partial charge is 0.00728 e. The third kappa shape index (κ3) is 3.04. The summed E-state index contributed by atoms with van der Waals surface area (Å²) in [4.78, 5) is 0. The van der Waals surface area contributed by atoms with E-state index in [-0.39, 0.29) is 0 Å². The Kier molecular flexibility index (Phi) is 4.78. The van der Waals surface area contributed by atoms with Crippen LogP contribution in [-0.4, -0.2) is 24.6 Å². The van der Waals surface area contributed by atoms with E-state index in [4.69, 9.17) is 0 Å². The van der Waals surface area contributed by atoms with Gasteiger partial charge in [-0.05, 0) is 68.9 Å². The van der Waals surface area contributed by atoms with Crippen LogP contribution in [-0.2, 0) is 0 Å². The number of nitrogens with one attached hydrogen (secondary N) is 1. The highest BCUT2D eigenvalue weighted by Gasteiger charge is 2.38. The zero-order valence-electron chi connectivity index (χ0n) is 10.6. The average Bonchev–Trinajstić information content (AvgIpc) is 2.90. The Balaban J connectivity index is 1.61. The molecule has 0 heterocycles. The van der Waals surface area contributed by atoms with E-state index in [2.05, 4.69) is 30.6 Å². The lowest BCUT2D eigenvalue weighted by atomic mass is 9.87. The summed E-state index contributed by atoms with van der Waals surface area (Å²) in [6.45, 7) is 3.59. The lowest BCUT2D eigenvalue weighted by Gasteiger charge is -2.26. The van der Waals surface area contributed by atoms with Crippen molar-refractivity contribution in [2.75, 3.05) is 18.6 Å². The maximum atomic E-state index is 3.73. The van der Waals surface area contributed by atoms with Gasteiger partial charge >= 0.3 is 0 Å². The summed E-state index contributed by atoms with van der Waals surface area (Å²) in [5.74, 6) is 4.03. The van der Waals surface area contributed by atoms with Crippen molar-refractivity contribution in [1.29, 1.82) is 0 Å². The zero-order valence-corrected chi connectivity index (χ0v) is 11.4. The Morgan fingerprint density at radius 2 is 2.19 bits per heavy atom. The number of allylic oxidation sites excluding steroid dienone is 2. The molecule has 0 spiro atoms. The highest BCUT2D eigenvalue weighted by Crippen LogP contribution is 2.44. The van der Waals surface area contributed by atoms with E-state index < -0.39 is 0 Å². The average molecular weight is 239 g/mol. The molecule has 1 N–H and O–H groups in total. The molecule has 0 aromatic carbocycles. The van der Waals surface area contributed by atoms with Gasteiger partial charge in [-0.2, -0.15) is 11.8 Å². The fourth-order valence-corrected chi connectivity index (χ4v) is 3.74. The minimum absolute atomic E-state index is 0.717. The van der Waals surface area contributed by atoms with E-state index in [0.29, 0.717) is 6.04 Å². The first-order valence-corrected chi connectivity index (χ1v) is 8.11. The SMILES string of the molecule is CSCCCCNC(C)C1CC2C=CC1C2. The molecule has 0 aromatic heterocycles. The van der Waals surface area contributed by atoms with Crippen molar-refractivity contribution in [3.63, 3.8) is 0 Å². The predicted molar refractivity (Wildman–Crippen MR) is 73.9 cm³/mol. The van der Waals surface area contributed by atoms with Gasteiger partial charge in [0.1, 0.15) is 0 Å². The molecule has 4 unspecified atom stereocenters. The van der Waals surface area contributed by atoms with Gasteiger partial charge in [-0.25, -0.2) is 0 Å². The maximum absolute atomic E-state index is 3.73. The predicted octanol–water partition coefficient (Wildman–Crippen LogP) is 3.32. The summed E-state index contributed by atoms with van der Waals surface area (Å²) in [5, 5.41) is 3.73. The molecule has 2 heteroatoms. The normalized spacial score (nSPS) is 33.5. The molecule has 0 saturated heterocycles. The van der Waals surface area contributed by atoms with Crippen LogP contribution >= 0.6 is 11.8 Å². The van der Waals surface area contributed by atoms with Crippen LogP contribution in [0.1, 0.15) is 32.6 Å². The number of rotatable bonds is 7. The maximum Gasteiger partial charge on any atom is 0.00728 e. The molecule has 1 saturated carbocycles. The summed E-state index contributed by atoms with van der Waals surface area (Å²) in [5.41, 5.74) is 0. The van der Waals surface area contributed by atoms with E-state index in [1.54, 1.807) is 0 Å². The van der Waals surface area contributed by atoms with Gasteiger partial charge in [0.05, 0.1) is 0 Å². The van der Waals surface area contributed by atoms with Crippen molar-refractivity contribution in [2.24, 2.45) is 17.8 Å². The molecule has 0 radical (unpaired) electrons. The van der Waals surface area contributed by atoms with E-state index in [1.165, 1.54) is 38.0 Å². The van der Waals surface area contributed by atoms with E-state index in [9.17, 15) is 0 Å². The number of hydrogen-bond donors (Lipinski definition) is 1. The lowest BCUT2D eigenvalue weighted by Crippen LogP contribution is -2.36. The van der Waals surface area contributed by atoms with E-state index >= 15 is 0 Å². The Labute approximate surface area is 104 Å². The van der Waals surface area contributed by atoms with Crippen molar-refractivity contribution in [3.05, 3.63) is 12.2 Å². The fourth-order valence-electron chi connectivity index (χ4n) is 3.25. The van der Waals surface area contributed by atoms with Gasteiger partial charge in [-0.15, -0.1) is 0 Å². The van der Waals surface area contributed by atoms with Crippen LogP contribution in [0.25, 0.3) is 0 Å². The van der Waals surface area contributed by atoms with Crippen molar-refractivity contribution in [1.82, 2.24) is 5.32 Å². The molecule has 2 aliphatic carbocycles. The van der Waals surface area contributed by atoms with Crippen LogP contribution in [0, 0.1) is 17.8 Å². The molecular weight excluding hydrogens is 214 g/mol. The standard InChI is InChI=1S/C14H25NS/c1-11(15-7-3-4-8-16-2)14-10-12-5-6-13(14)9-12/h5-6,11-15H,3-4,7-10H2,1-2H3. The van der Waals surface area contributed by atoms with Gasteiger partial charge < -0.3 is 5.32 Å². The summed E-state index contributed by atoms with van der Waals surface area (Å²) in [6.07, 6.45) is 12.7. The van der Waals surface area contributed by atoms with Crippen molar-refractivity contribution < 1.29 is 0 Å². The minimum atomic E-state index is 0.717. The molecule has 16 heavy (non-hydrogen) atoms. The molecule has 92 valence electrons. The summed E-state index contributed by atoms with van der Waals surface area (Å²) < 4.78 is 0. The highest BCUT2D eigenvalue weighted by molar-refractivity contribution is 7.98. The van der Waals surface area contributed by atoms with Gasteiger partial charge in [0.2, 0.25) is 0 Å². The molecule has 0 amide bonds. The van der Waals surface area contributed by atoms with Crippen LogP contribution in [0.15, 0.2) is 12.2 Å². The van der Waals surface area contributed by atoms with Gasteiger partial charge in [-0.1, -0.05) is 12.2 Å². The van der Waals surface area contributed by atoms with Crippen LogP contribution in [0.2, 0.25) is 0 Å². The largest absolute Gasteiger partial charge is 0.314 e. The molecule has 2 rings (SSSR count). The molecule has 2 aliphatic rings. The Hall–Kier alpha value is 0.0500. The fraction of sp³-hybridized carbons (Fsp3) is 0.857. The van der Waals surface area contributed by atoms with Crippen LogP contribution in [0.3, 0.4) is 0 Å². The number of fused-ring (bicyclic) bond motifs is 2. The van der Waals surface area contributed by atoms with E-state index in [0.717, 1.165) is 17.8 Å². The summed E-state index contributed by atoms with van der Waals surface area (Å²) in [6, 6.07) is 0.717. The first kappa shape index (κ1) is 12.5. The zero-order chi connectivity index (χ0) is 11.4. The highest BCUT2D eigenvalue weighted by atomic mass is 32.2. The quantitative estimate of drug-likeness (QED) is 0.540. The van der Waals surface area contributed by atoms with Crippen LogP contribution < -0.4 is 5.32 Å². The van der Waals surface area contributed by atoms with Crippen molar-refractivity contribution >= 4 is 11.8 Å². The summed E-state index contributed by atoms with van der Waals surface area (Å²) >= 11 is 1.96. The second-order valence-corrected chi connectivity index (χ2v) is 6.37. The second-order valence-electron chi connectivity index (χ2n) is 5.39. The van der Waals surface area contributed by atoms with Crippen molar-refractivity contribution in [3.8, 4) is 0 Å². The van der Waals surface area contributed by atoms with E-state index in [1.807, 2.05) is 11.8 Å². The topological polar surface area (TPSA) is 12.0 Å². The molecule has 4 atom stereocenters. The Bertz CT molecular complexity index is 239. The monoisotopic (exact) mass is 239 g/mol. The van der Waals surface area contributed by atoms with Crippen molar-refractivity contribution in [2.45, 2.75) is 38.6 Å². The molecule has 1 fully saturated rings. The molecule has 0 aromatic rings. The number of thioether (sulfide) groups is 1. The first-order valence-electron chi connectivity index (χ1n) is 6.72. The molecule has 0 aliphatic heterocycles. The molecule has 2 bridgehead atoms. The first-order chi connectivity index (χ1) is 7.81. The minimum Gasteiger partial charge on any atom is -0.314 e. The Morgan fingerprint density at radius 3 is 2.81 bits per heavy atom. The second kappa shape index (κ2) is 6.11. The molecule has 1 nitrogen and oxygen atoms in total. The molecular formula is C14H25NS. The van der Waals surface area contributed by atoms with Crippen LogP contribution in [0.4, 0.5) is 0 Å². The van der Waals surface area contributed by atoms with Gasteiger partial charge in [-0.3, -0.25) is 0 Å². The number of unbranched alkanes of at least 4 members (excludes halogenated alkanes) is 1. The third-order valence-electron chi connectivity index (χ3n) is 4.21. The van der Waals surface area contributed by atoms with Crippen LogP contribution in [0.5, 0.6) is 0 Å². The van der Waals surface area contributed by atoms with Gasteiger partial charge in [0.25, 0.3) is 0 Å². The Morgan fingerprint density at radius 1 is 1.31 bits per heavy atom. The number of hydrogen-bond acceptors (Lipinski definition) is 2. The van der Waals surface area contributed by atoms with Gasteiger partial charge in [0, 0.05) is 6.04 Å². The third-order valence-corrected chi connectivity index (χ3v) is 4.91. The van der Waals surface area contributed by atoms with Gasteiger partial charge in [0.15, 0.2) is 0 Å².